The summed E-state index contributed by atoms with van der Waals surface area (Å²) in [5.74, 6) is -1.68. The lowest BCUT2D eigenvalue weighted by molar-refractivity contribution is -0.385. The first-order valence-corrected chi connectivity index (χ1v) is 7.75. The average Bonchev–Trinajstić information content (AvgIpc) is 2.79. The zero-order valence-corrected chi connectivity index (χ0v) is 13.1. The van der Waals surface area contributed by atoms with E-state index in [1.165, 1.54) is 0 Å². The molecule has 1 fully saturated rings. The maximum absolute atomic E-state index is 13.7. The summed E-state index contributed by atoms with van der Waals surface area (Å²) in [7, 11) is 0. The monoisotopic (exact) mass is 335 g/mol. The van der Waals surface area contributed by atoms with Crippen molar-refractivity contribution >= 4 is 11.6 Å². The maximum Gasteiger partial charge on any atom is 0.272 e. The zero-order valence-electron chi connectivity index (χ0n) is 13.1. The van der Waals surface area contributed by atoms with Gasteiger partial charge >= 0.3 is 0 Å². The second-order valence-corrected chi connectivity index (χ2v) is 5.82. The summed E-state index contributed by atoms with van der Waals surface area (Å²) in [5, 5.41) is 22.6. The molecule has 0 radical (unpaired) electrons. The fraction of sp³-hybridized carbons (Fsp3) is 0.500. The van der Waals surface area contributed by atoms with Crippen LogP contribution in [0.15, 0.2) is 18.2 Å². The van der Waals surface area contributed by atoms with E-state index in [1.54, 1.807) is 0 Å². The number of nitro benzene ring substituents is 1. The van der Waals surface area contributed by atoms with Gasteiger partial charge in [0.05, 0.1) is 17.1 Å². The minimum Gasteiger partial charge on any atom is -0.481 e. The average molecular weight is 335 g/mol. The van der Waals surface area contributed by atoms with Crippen LogP contribution < -0.4 is 10.1 Å². The summed E-state index contributed by atoms with van der Waals surface area (Å²) < 4.78 is 18.8. The van der Waals surface area contributed by atoms with Gasteiger partial charge in [-0.1, -0.05) is 25.7 Å². The molecule has 0 atom stereocenters. The zero-order chi connectivity index (χ0) is 17.6. The van der Waals surface area contributed by atoms with Gasteiger partial charge in [-0.2, -0.15) is 5.26 Å². The van der Waals surface area contributed by atoms with Gasteiger partial charge in [-0.25, -0.2) is 4.39 Å². The Bertz CT molecular complexity index is 664. The van der Waals surface area contributed by atoms with Crippen molar-refractivity contribution in [2.45, 2.75) is 44.1 Å². The molecule has 128 valence electrons. The molecular formula is C16H18FN3O4. The van der Waals surface area contributed by atoms with E-state index in [-0.39, 0.29) is 5.75 Å². The summed E-state index contributed by atoms with van der Waals surface area (Å²) in [6.45, 7) is -0.460. The van der Waals surface area contributed by atoms with Crippen LogP contribution in [0.3, 0.4) is 0 Å². The summed E-state index contributed by atoms with van der Waals surface area (Å²) in [6.07, 6.45) is 4.97. The van der Waals surface area contributed by atoms with E-state index in [0.29, 0.717) is 12.8 Å². The van der Waals surface area contributed by atoms with Crippen molar-refractivity contribution < 1.29 is 18.8 Å². The van der Waals surface area contributed by atoms with Crippen LogP contribution in [-0.2, 0) is 4.79 Å². The fourth-order valence-electron chi connectivity index (χ4n) is 2.76. The molecule has 2 rings (SSSR count). The first-order valence-electron chi connectivity index (χ1n) is 7.75. The van der Waals surface area contributed by atoms with Crippen LogP contribution in [0.5, 0.6) is 5.75 Å². The number of benzene rings is 1. The molecule has 0 heterocycles. The van der Waals surface area contributed by atoms with E-state index in [0.717, 1.165) is 43.9 Å². The van der Waals surface area contributed by atoms with Crippen LogP contribution in [0, 0.1) is 27.3 Å². The van der Waals surface area contributed by atoms with Crippen molar-refractivity contribution in [2.24, 2.45) is 0 Å². The van der Waals surface area contributed by atoms with Crippen molar-refractivity contribution in [3.8, 4) is 11.8 Å². The summed E-state index contributed by atoms with van der Waals surface area (Å²) in [5.41, 5.74) is -1.29. The van der Waals surface area contributed by atoms with Gasteiger partial charge in [0.25, 0.3) is 11.6 Å². The summed E-state index contributed by atoms with van der Waals surface area (Å²) in [4.78, 5) is 21.9. The highest BCUT2D eigenvalue weighted by Gasteiger charge is 2.32. The number of nitrogens with one attached hydrogen (secondary N) is 1. The Morgan fingerprint density at radius 1 is 1.38 bits per heavy atom. The van der Waals surface area contributed by atoms with E-state index >= 15 is 0 Å². The first-order chi connectivity index (χ1) is 11.5. The van der Waals surface area contributed by atoms with Crippen LogP contribution in [0.1, 0.15) is 38.5 Å². The number of rotatable bonds is 5. The van der Waals surface area contributed by atoms with Crippen LogP contribution in [0.2, 0.25) is 0 Å². The molecular weight excluding hydrogens is 317 g/mol. The number of amides is 1. The van der Waals surface area contributed by atoms with E-state index in [2.05, 4.69) is 11.4 Å². The van der Waals surface area contributed by atoms with Gasteiger partial charge < -0.3 is 10.1 Å². The lowest BCUT2D eigenvalue weighted by Crippen LogP contribution is -2.48. The molecule has 1 aliphatic rings. The third-order valence-corrected chi connectivity index (χ3v) is 4.03. The molecule has 1 aromatic rings. The van der Waals surface area contributed by atoms with Gasteiger partial charge in [-0.3, -0.25) is 14.9 Å². The largest absolute Gasteiger partial charge is 0.481 e. The first kappa shape index (κ1) is 17.7. The topological polar surface area (TPSA) is 105 Å². The standard InChI is InChI=1S/C16H18FN3O4/c17-13-9-12(20(22)23)5-6-14(13)24-10-15(21)19-16(11-18)7-3-1-2-4-8-16/h5-6,9H,1-4,7-8,10H2,(H,19,21). The number of nitro groups is 1. The smallest absolute Gasteiger partial charge is 0.272 e. The lowest BCUT2D eigenvalue weighted by Gasteiger charge is -2.26. The number of halogens is 1. The second kappa shape index (κ2) is 7.73. The van der Waals surface area contributed by atoms with E-state index in [4.69, 9.17) is 4.74 Å². The lowest BCUT2D eigenvalue weighted by atomic mass is 9.92. The molecule has 0 aromatic heterocycles. The highest BCUT2D eigenvalue weighted by Crippen LogP contribution is 2.27. The molecule has 0 spiro atoms. The molecule has 7 nitrogen and oxygen atoms in total. The quantitative estimate of drug-likeness (QED) is 0.506. The third kappa shape index (κ3) is 4.41. The minimum atomic E-state index is -0.915. The normalized spacial score (nSPS) is 16.5. The molecule has 1 aromatic carbocycles. The third-order valence-electron chi connectivity index (χ3n) is 4.03. The molecule has 0 saturated heterocycles. The van der Waals surface area contributed by atoms with Crippen LogP contribution >= 0.6 is 0 Å². The van der Waals surface area contributed by atoms with Gasteiger partial charge in [0.1, 0.15) is 5.54 Å². The fourth-order valence-corrected chi connectivity index (χ4v) is 2.76. The predicted molar refractivity (Wildman–Crippen MR) is 82.7 cm³/mol. The molecule has 0 bridgehead atoms. The highest BCUT2D eigenvalue weighted by atomic mass is 19.1. The molecule has 1 saturated carbocycles. The highest BCUT2D eigenvalue weighted by molar-refractivity contribution is 5.78. The van der Waals surface area contributed by atoms with E-state index in [9.17, 15) is 24.6 Å². The van der Waals surface area contributed by atoms with Crippen molar-refractivity contribution in [1.82, 2.24) is 5.32 Å². The van der Waals surface area contributed by atoms with Crippen molar-refractivity contribution in [3.05, 3.63) is 34.1 Å². The van der Waals surface area contributed by atoms with Crippen molar-refractivity contribution in [1.29, 1.82) is 5.26 Å². The number of nitrogens with zero attached hydrogens (tertiary/aromatic N) is 2. The number of carbonyl (C=O) groups is 1. The molecule has 24 heavy (non-hydrogen) atoms. The van der Waals surface area contributed by atoms with E-state index in [1.807, 2.05) is 0 Å². The van der Waals surface area contributed by atoms with Crippen molar-refractivity contribution in [3.63, 3.8) is 0 Å². The Morgan fingerprint density at radius 3 is 2.58 bits per heavy atom. The molecule has 1 N–H and O–H groups in total. The molecule has 0 aliphatic heterocycles. The number of hydrogen-bond donors (Lipinski definition) is 1. The van der Waals surface area contributed by atoms with E-state index < -0.39 is 34.5 Å². The van der Waals surface area contributed by atoms with Crippen LogP contribution in [0.4, 0.5) is 10.1 Å². The molecule has 1 amide bonds. The Kier molecular flexibility index (Phi) is 5.68. The van der Waals surface area contributed by atoms with Crippen molar-refractivity contribution in [2.75, 3.05) is 6.61 Å². The van der Waals surface area contributed by atoms with Gasteiger partial charge in [-0.15, -0.1) is 0 Å². The van der Waals surface area contributed by atoms with Gasteiger partial charge in [0, 0.05) is 6.07 Å². The van der Waals surface area contributed by atoms with Crippen LogP contribution in [0.25, 0.3) is 0 Å². The predicted octanol–water partition coefficient (Wildman–Crippen LogP) is 2.85. The number of nitriles is 1. The Hall–Kier alpha value is -2.69. The maximum atomic E-state index is 13.7. The minimum absolute atomic E-state index is 0.248. The SMILES string of the molecule is N#CC1(NC(=O)COc2ccc([N+](=O)[O-])cc2F)CCCCCC1. The Morgan fingerprint density at radius 2 is 2.04 bits per heavy atom. The number of non-ortho nitro benzene ring substituents is 1. The molecule has 0 unspecified atom stereocenters. The Labute approximate surface area is 138 Å². The number of hydrogen-bond acceptors (Lipinski definition) is 5. The van der Waals surface area contributed by atoms with Crippen LogP contribution in [-0.4, -0.2) is 23.0 Å². The second-order valence-electron chi connectivity index (χ2n) is 5.82. The Balaban J connectivity index is 1.95. The summed E-state index contributed by atoms with van der Waals surface area (Å²) in [6, 6.07) is 5.11. The van der Waals surface area contributed by atoms with Gasteiger partial charge in [0.15, 0.2) is 18.2 Å². The molecule has 1 aliphatic carbocycles. The molecule has 8 heteroatoms. The summed E-state index contributed by atoms with van der Waals surface area (Å²) >= 11 is 0. The van der Waals surface area contributed by atoms with Gasteiger partial charge in [-0.05, 0) is 18.9 Å². The van der Waals surface area contributed by atoms with Gasteiger partial charge in [0.2, 0.25) is 0 Å². The number of ether oxygens (including phenoxy) is 1. The number of carbonyl (C=O) groups excluding carboxylic acids is 1.